The number of hydrogen-bond acceptors (Lipinski definition) is 3. The molecule has 0 amide bonds. The van der Waals surface area contributed by atoms with Gasteiger partial charge in [-0.15, -0.1) is 0 Å². The first-order chi connectivity index (χ1) is 9.35. The molecule has 0 aromatic carbocycles. The SMILES string of the molecule is CC(C)CCNC(CCC(=O)C(C)(C)C)C(=O)C(C)(C)C. The van der Waals surface area contributed by atoms with Crippen molar-refractivity contribution in [3.63, 3.8) is 0 Å². The molecule has 21 heavy (non-hydrogen) atoms. The normalized spacial score (nSPS) is 14.3. The summed E-state index contributed by atoms with van der Waals surface area (Å²) in [6.45, 7) is 16.8. The Morgan fingerprint density at radius 2 is 1.43 bits per heavy atom. The molecule has 0 radical (unpaired) electrons. The van der Waals surface area contributed by atoms with E-state index in [1.165, 1.54) is 0 Å². The first-order valence-corrected chi connectivity index (χ1v) is 8.16. The fourth-order valence-electron chi connectivity index (χ4n) is 2.05. The number of ketones is 2. The summed E-state index contributed by atoms with van der Waals surface area (Å²) in [7, 11) is 0. The lowest BCUT2D eigenvalue weighted by Gasteiger charge is -2.26. The maximum Gasteiger partial charge on any atom is 0.155 e. The van der Waals surface area contributed by atoms with Gasteiger partial charge < -0.3 is 5.32 Å². The van der Waals surface area contributed by atoms with Gasteiger partial charge in [-0.05, 0) is 25.3 Å². The van der Waals surface area contributed by atoms with E-state index in [0.29, 0.717) is 18.8 Å². The van der Waals surface area contributed by atoms with Crippen LogP contribution in [0.25, 0.3) is 0 Å². The molecule has 0 saturated carbocycles. The Morgan fingerprint density at radius 3 is 1.81 bits per heavy atom. The van der Waals surface area contributed by atoms with E-state index < -0.39 is 0 Å². The zero-order valence-electron chi connectivity index (χ0n) is 15.3. The molecule has 0 saturated heterocycles. The van der Waals surface area contributed by atoms with E-state index in [1.807, 2.05) is 41.5 Å². The van der Waals surface area contributed by atoms with Crippen LogP contribution in [0.3, 0.4) is 0 Å². The molecular weight excluding hydrogens is 262 g/mol. The number of carbonyl (C=O) groups excluding carboxylic acids is 2. The molecule has 0 aromatic rings. The van der Waals surface area contributed by atoms with Crippen LogP contribution in [0.1, 0.15) is 74.7 Å². The van der Waals surface area contributed by atoms with Gasteiger partial charge in [0.1, 0.15) is 5.78 Å². The molecule has 0 fully saturated rings. The van der Waals surface area contributed by atoms with Gasteiger partial charge in [-0.25, -0.2) is 0 Å². The summed E-state index contributed by atoms with van der Waals surface area (Å²) in [6.07, 6.45) is 2.11. The van der Waals surface area contributed by atoms with Crippen LogP contribution in [0.15, 0.2) is 0 Å². The second kappa shape index (κ2) is 8.07. The van der Waals surface area contributed by atoms with Gasteiger partial charge in [0.25, 0.3) is 0 Å². The van der Waals surface area contributed by atoms with Gasteiger partial charge in [-0.1, -0.05) is 55.4 Å². The average molecular weight is 297 g/mol. The third kappa shape index (κ3) is 8.35. The number of carbonyl (C=O) groups is 2. The molecule has 3 nitrogen and oxygen atoms in total. The topological polar surface area (TPSA) is 46.2 Å². The predicted molar refractivity (Wildman–Crippen MR) is 89.4 cm³/mol. The van der Waals surface area contributed by atoms with Gasteiger partial charge in [-0.3, -0.25) is 9.59 Å². The lowest BCUT2D eigenvalue weighted by atomic mass is 9.82. The number of rotatable bonds is 8. The van der Waals surface area contributed by atoms with Crippen molar-refractivity contribution in [2.75, 3.05) is 6.54 Å². The highest BCUT2D eigenvalue weighted by Crippen LogP contribution is 2.22. The maximum absolute atomic E-state index is 12.5. The number of Topliss-reactive ketones (excluding diaryl/α,β-unsaturated/α-hetero) is 2. The molecule has 0 rings (SSSR count). The first-order valence-electron chi connectivity index (χ1n) is 8.16. The fourth-order valence-corrected chi connectivity index (χ4v) is 2.05. The summed E-state index contributed by atoms with van der Waals surface area (Å²) in [5.74, 6) is 1.03. The minimum Gasteiger partial charge on any atom is -0.307 e. The van der Waals surface area contributed by atoms with Crippen LogP contribution < -0.4 is 5.32 Å². The van der Waals surface area contributed by atoms with Gasteiger partial charge in [-0.2, -0.15) is 0 Å². The summed E-state index contributed by atoms with van der Waals surface area (Å²) in [4.78, 5) is 24.6. The van der Waals surface area contributed by atoms with Gasteiger partial charge in [0.15, 0.2) is 5.78 Å². The highest BCUT2D eigenvalue weighted by molar-refractivity contribution is 5.90. The minimum absolute atomic E-state index is 0.202. The molecule has 0 heterocycles. The Kier molecular flexibility index (Phi) is 7.80. The van der Waals surface area contributed by atoms with E-state index in [9.17, 15) is 9.59 Å². The van der Waals surface area contributed by atoms with Crippen molar-refractivity contribution in [1.29, 1.82) is 0 Å². The summed E-state index contributed by atoms with van der Waals surface area (Å²) in [5.41, 5.74) is -0.701. The Balaban J connectivity index is 4.66. The molecule has 0 aromatic heterocycles. The molecule has 124 valence electrons. The van der Waals surface area contributed by atoms with Gasteiger partial charge in [0, 0.05) is 17.3 Å². The highest BCUT2D eigenvalue weighted by Gasteiger charge is 2.30. The fraction of sp³-hybridized carbons (Fsp3) is 0.889. The lowest BCUT2D eigenvalue weighted by molar-refractivity contribution is -0.129. The van der Waals surface area contributed by atoms with Crippen LogP contribution in [-0.2, 0) is 9.59 Å². The molecule has 0 aliphatic heterocycles. The molecule has 0 aliphatic rings. The predicted octanol–water partition coefficient (Wildman–Crippen LogP) is 4.00. The summed E-state index contributed by atoms with van der Waals surface area (Å²) < 4.78 is 0. The van der Waals surface area contributed by atoms with Crippen LogP contribution in [0.2, 0.25) is 0 Å². The van der Waals surface area contributed by atoms with Crippen molar-refractivity contribution in [3.05, 3.63) is 0 Å². The van der Waals surface area contributed by atoms with Gasteiger partial charge >= 0.3 is 0 Å². The molecule has 3 heteroatoms. The number of hydrogen-bond donors (Lipinski definition) is 1. The van der Waals surface area contributed by atoms with Crippen LogP contribution in [0.4, 0.5) is 0 Å². The van der Waals surface area contributed by atoms with Crippen molar-refractivity contribution < 1.29 is 9.59 Å². The van der Waals surface area contributed by atoms with E-state index in [4.69, 9.17) is 0 Å². The molecule has 0 spiro atoms. The third-order valence-corrected chi connectivity index (χ3v) is 3.66. The molecule has 0 bridgehead atoms. The largest absolute Gasteiger partial charge is 0.307 e. The smallest absolute Gasteiger partial charge is 0.155 e. The van der Waals surface area contributed by atoms with Gasteiger partial charge in [0.2, 0.25) is 0 Å². The van der Waals surface area contributed by atoms with Crippen molar-refractivity contribution in [2.45, 2.75) is 80.7 Å². The third-order valence-electron chi connectivity index (χ3n) is 3.66. The van der Waals surface area contributed by atoms with Crippen molar-refractivity contribution in [1.82, 2.24) is 5.32 Å². The standard InChI is InChI=1S/C18H35NO2/c1-13(2)11-12-19-14(16(21)18(6,7)8)9-10-15(20)17(3,4)5/h13-14,19H,9-12H2,1-8H3. The van der Waals surface area contributed by atoms with Crippen LogP contribution in [-0.4, -0.2) is 24.2 Å². The van der Waals surface area contributed by atoms with Crippen molar-refractivity contribution in [2.24, 2.45) is 16.7 Å². The van der Waals surface area contributed by atoms with E-state index >= 15 is 0 Å². The summed E-state index contributed by atoms with van der Waals surface area (Å²) >= 11 is 0. The lowest BCUT2D eigenvalue weighted by Crippen LogP contribution is -2.44. The Hall–Kier alpha value is -0.700. The van der Waals surface area contributed by atoms with Crippen molar-refractivity contribution in [3.8, 4) is 0 Å². The molecule has 1 unspecified atom stereocenters. The summed E-state index contributed by atoms with van der Waals surface area (Å²) in [6, 6.07) is -0.213. The van der Waals surface area contributed by atoms with E-state index in [0.717, 1.165) is 13.0 Å². The Labute approximate surface area is 131 Å². The van der Waals surface area contributed by atoms with Crippen LogP contribution >= 0.6 is 0 Å². The van der Waals surface area contributed by atoms with E-state index in [1.54, 1.807) is 0 Å². The summed E-state index contributed by atoms with van der Waals surface area (Å²) in [5, 5.41) is 3.36. The van der Waals surface area contributed by atoms with E-state index in [-0.39, 0.29) is 28.4 Å². The molecule has 1 atom stereocenters. The van der Waals surface area contributed by atoms with Crippen LogP contribution in [0.5, 0.6) is 0 Å². The molecule has 0 aliphatic carbocycles. The Bertz CT molecular complexity index is 345. The molecular formula is C18H35NO2. The van der Waals surface area contributed by atoms with Gasteiger partial charge in [0.05, 0.1) is 6.04 Å². The first kappa shape index (κ1) is 20.3. The second-order valence-electron chi connectivity index (χ2n) is 8.52. The Morgan fingerprint density at radius 1 is 0.905 bits per heavy atom. The van der Waals surface area contributed by atoms with Crippen LogP contribution in [0, 0.1) is 16.7 Å². The van der Waals surface area contributed by atoms with E-state index in [2.05, 4.69) is 19.2 Å². The second-order valence-corrected chi connectivity index (χ2v) is 8.52. The molecule has 1 N–H and O–H groups in total. The number of nitrogens with one attached hydrogen (secondary N) is 1. The minimum atomic E-state index is -0.375. The monoisotopic (exact) mass is 297 g/mol. The van der Waals surface area contributed by atoms with Crippen molar-refractivity contribution >= 4 is 11.6 Å². The highest BCUT2D eigenvalue weighted by atomic mass is 16.1. The zero-order chi connectivity index (χ0) is 16.8. The zero-order valence-corrected chi connectivity index (χ0v) is 15.3. The average Bonchev–Trinajstić information content (AvgIpc) is 2.29. The quantitative estimate of drug-likeness (QED) is 0.736. The maximum atomic E-state index is 12.5.